The van der Waals surface area contributed by atoms with Crippen molar-refractivity contribution in [1.29, 1.82) is 0 Å². The number of nitrogens with zero attached hydrogens (tertiary/aromatic N) is 1. The van der Waals surface area contributed by atoms with Gasteiger partial charge in [-0.15, -0.1) is 0 Å². The molecular formula is C13H17N3O5. The summed E-state index contributed by atoms with van der Waals surface area (Å²) in [6.45, 7) is 1.68. The fraction of sp³-hybridized carbons (Fsp3) is 0.462. The molecule has 0 radical (unpaired) electrons. The molecule has 8 nitrogen and oxygen atoms in total. The molecule has 1 fully saturated rings. The first-order valence-electron chi connectivity index (χ1n) is 6.56. The number of rotatable bonds is 5. The summed E-state index contributed by atoms with van der Waals surface area (Å²) in [7, 11) is 1.57. The van der Waals surface area contributed by atoms with Gasteiger partial charge in [-0.1, -0.05) is 6.07 Å². The van der Waals surface area contributed by atoms with Gasteiger partial charge in [0.1, 0.15) is 11.3 Å². The third kappa shape index (κ3) is 3.67. The number of hydrogen-bond donors (Lipinski definition) is 2. The van der Waals surface area contributed by atoms with E-state index in [0.29, 0.717) is 25.5 Å². The average molecular weight is 295 g/mol. The van der Waals surface area contributed by atoms with Crippen LogP contribution < -0.4 is 10.6 Å². The van der Waals surface area contributed by atoms with Gasteiger partial charge in [0.2, 0.25) is 0 Å². The molecule has 0 saturated carbocycles. The van der Waals surface area contributed by atoms with Crippen LogP contribution in [-0.4, -0.2) is 50.3 Å². The molecular weight excluding hydrogens is 278 g/mol. The monoisotopic (exact) mass is 295 g/mol. The number of para-hydroxylation sites is 1. The summed E-state index contributed by atoms with van der Waals surface area (Å²) in [5, 5.41) is 16.5. The zero-order chi connectivity index (χ0) is 15.2. The minimum Gasteiger partial charge on any atom is -0.383 e. The van der Waals surface area contributed by atoms with Crippen molar-refractivity contribution in [3.8, 4) is 0 Å². The highest BCUT2D eigenvalue weighted by molar-refractivity contribution is 6.00. The number of nitrogens with one attached hydrogen (secondary N) is 2. The zero-order valence-corrected chi connectivity index (χ0v) is 11.6. The maximum absolute atomic E-state index is 12.1. The van der Waals surface area contributed by atoms with E-state index in [1.165, 1.54) is 6.07 Å². The molecule has 0 spiro atoms. The summed E-state index contributed by atoms with van der Waals surface area (Å²) in [6, 6.07) is 4.56. The van der Waals surface area contributed by atoms with Gasteiger partial charge >= 0.3 is 5.69 Å². The Bertz CT molecular complexity index is 529. The molecule has 21 heavy (non-hydrogen) atoms. The van der Waals surface area contributed by atoms with E-state index in [1.54, 1.807) is 19.2 Å². The molecule has 8 heteroatoms. The molecule has 2 rings (SSSR count). The number of amides is 1. The number of hydrogen-bond acceptors (Lipinski definition) is 6. The topological polar surface area (TPSA) is 103 Å². The van der Waals surface area contributed by atoms with Gasteiger partial charge in [-0.25, -0.2) is 0 Å². The van der Waals surface area contributed by atoms with Gasteiger partial charge in [-0.2, -0.15) is 0 Å². The lowest BCUT2D eigenvalue weighted by molar-refractivity contribution is -0.384. The van der Waals surface area contributed by atoms with E-state index in [0.717, 1.165) is 0 Å². The van der Waals surface area contributed by atoms with Crippen LogP contribution in [0, 0.1) is 10.1 Å². The molecule has 1 atom stereocenters. The maximum atomic E-state index is 12.1. The largest absolute Gasteiger partial charge is 0.383 e. The molecule has 1 unspecified atom stereocenters. The van der Waals surface area contributed by atoms with E-state index < -0.39 is 10.8 Å². The van der Waals surface area contributed by atoms with Crippen LogP contribution in [-0.2, 0) is 9.47 Å². The molecule has 1 aromatic rings. The Morgan fingerprint density at radius 2 is 2.29 bits per heavy atom. The Hall–Kier alpha value is -2.19. The summed E-state index contributed by atoms with van der Waals surface area (Å²) in [4.78, 5) is 22.7. The minimum absolute atomic E-state index is 0.0172. The van der Waals surface area contributed by atoms with Gasteiger partial charge in [0.15, 0.2) is 0 Å². The maximum Gasteiger partial charge on any atom is 0.305 e. The smallest absolute Gasteiger partial charge is 0.305 e. The van der Waals surface area contributed by atoms with Crippen LogP contribution in [0.15, 0.2) is 18.2 Å². The predicted molar refractivity (Wildman–Crippen MR) is 75.5 cm³/mol. The quantitative estimate of drug-likeness (QED) is 0.614. The van der Waals surface area contributed by atoms with Crippen LogP contribution in [0.5, 0.6) is 0 Å². The van der Waals surface area contributed by atoms with Crippen molar-refractivity contribution in [3.63, 3.8) is 0 Å². The van der Waals surface area contributed by atoms with E-state index in [9.17, 15) is 14.9 Å². The molecule has 114 valence electrons. The Morgan fingerprint density at radius 1 is 1.48 bits per heavy atom. The van der Waals surface area contributed by atoms with E-state index >= 15 is 0 Å². The highest BCUT2D eigenvalue weighted by atomic mass is 16.6. The van der Waals surface area contributed by atoms with Crippen molar-refractivity contribution in [2.24, 2.45) is 0 Å². The highest BCUT2D eigenvalue weighted by Crippen LogP contribution is 2.28. The molecule has 2 N–H and O–H groups in total. The third-order valence-corrected chi connectivity index (χ3v) is 3.11. The van der Waals surface area contributed by atoms with Crippen molar-refractivity contribution >= 4 is 17.3 Å². The molecule has 1 heterocycles. The van der Waals surface area contributed by atoms with E-state index in [-0.39, 0.29) is 23.9 Å². The molecule has 0 bridgehead atoms. The van der Waals surface area contributed by atoms with Crippen molar-refractivity contribution in [3.05, 3.63) is 33.9 Å². The number of carbonyl (C=O) groups is 1. The first kappa shape index (κ1) is 15.2. The van der Waals surface area contributed by atoms with Gasteiger partial charge in [-0.05, 0) is 12.1 Å². The summed E-state index contributed by atoms with van der Waals surface area (Å²) in [6.07, 6.45) is -0.228. The van der Waals surface area contributed by atoms with Crippen LogP contribution in [0.1, 0.15) is 10.4 Å². The summed E-state index contributed by atoms with van der Waals surface area (Å²) in [5.41, 5.74) is 0.0757. The molecule has 1 aliphatic rings. The number of nitro groups is 1. The Balaban J connectivity index is 2.09. The molecule has 0 aliphatic carbocycles. The van der Waals surface area contributed by atoms with Gasteiger partial charge in [0.25, 0.3) is 5.91 Å². The Morgan fingerprint density at radius 3 is 2.90 bits per heavy atom. The van der Waals surface area contributed by atoms with Crippen LogP contribution in [0.3, 0.4) is 0 Å². The first-order chi connectivity index (χ1) is 10.1. The standard InChI is InChI=1S/C13H17N3O5/c1-14-11-4-2-3-10(12(11)16(18)19)13(17)15-7-9-8-20-5-6-21-9/h2-4,9,14H,5-8H2,1H3,(H,15,17). The third-order valence-electron chi connectivity index (χ3n) is 3.11. The first-order valence-corrected chi connectivity index (χ1v) is 6.56. The van der Waals surface area contributed by atoms with E-state index in [2.05, 4.69) is 10.6 Å². The number of ether oxygens (including phenoxy) is 2. The van der Waals surface area contributed by atoms with Crippen LogP contribution in [0.4, 0.5) is 11.4 Å². The second kappa shape index (κ2) is 7.00. The molecule has 1 aliphatic heterocycles. The number of benzene rings is 1. The van der Waals surface area contributed by atoms with Crippen LogP contribution in [0.2, 0.25) is 0 Å². The molecule has 1 aromatic carbocycles. The fourth-order valence-electron chi connectivity index (χ4n) is 2.08. The van der Waals surface area contributed by atoms with Crippen molar-refractivity contribution in [1.82, 2.24) is 5.32 Å². The molecule has 1 amide bonds. The van der Waals surface area contributed by atoms with Gasteiger partial charge in [0, 0.05) is 13.6 Å². The SMILES string of the molecule is CNc1cccc(C(=O)NCC2COCCO2)c1[N+](=O)[O-]. The van der Waals surface area contributed by atoms with Gasteiger partial charge < -0.3 is 20.1 Å². The van der Waals surface area contributed by atoms with E-state index in [4.69, 9.17) is 9.47 Å². The average Bonchev–Trinajstić information content (AvgIpc) is 2.52. The van der Waals surface area contributed by atoms with Gasteiger partial charge in [0.05, 0.1) is 30.8 Å². The van der Waals surface area contributed by atoms with E-state index in [1.807, 2.05) is 0 Å². The van der Waals surface area contributed by atoms with Crippen LogP contribution >= 0.6 is 0 Å². The summed E-state index contributed by atoms with van der Waals surface area (Å²) in [5.74, 6) is -0.507. The molecule has 0 aromatic heterocycles. The second-order valence-electron chi connectivity index (χ2n) is 4.49. The lowest BCUT2D eigenvalue weighted by Crippen LogP contribution is -2.39. The Kier molecular flexibility index (Phi) is 5.07. The normalized spacial score (nSPS) is 18.0. The zero-order valence-electron chi connectivity index (χ0n) is 11.6. The lowest BCUT2D eigenvalue weighted by atomic mass is 10.1. The number of nitro benzene ring substituents is 1. The van der Waals surface area contributed by atoms with Crippen LogP contribution in [0.25, 0.3) is 0 Å². The van der Waals surface area contributed by atoms with Crippen molar-refractivity contribution in [2.75, 3.05) is 38.7 Å². The number of carbonyl (C=O) groups excluding carboxylic acids is 1. The highest BCUT2D eigenvalue weighted by Gasteiger charge is 2.24. The summed E-state index contributed by atoms with van der Waals surface area (Å²) >= 11 is 0. The lowest BCUT2D eigenvalue weighted by Gasteiger charge is -2.23. The van der Waals surface area contributed by atoms with Crippen molar-refractivity contribution in [2.45, 2.75) is 6.10 Å². The van der Waals surface area contributed by atoms with Crippen molar-refractivity contribution < 1.29 is 19.2 Å². The fourth-order valence-corrected chi connectivity index (χ4v) is 2.08. The minimum atomic E-state index is -0.568. The Labute approximate surface area is 121 Å². The summed E-state index contributed by atoms with van der Waals surface area (Å²) < 4.78 is 10.6. The number of anilines is 1. The molecule has 1 saturated heterocycles. The second-order valence-corrected chi connectivity index (χ2v) is 4.49. The van der Waals surface area contributed by atoms with Gasteiger partial charge in [-0.3, -0.25) is 14.9 Å². The predicted octanol–water partition coefficient (Wildman–Crippen LogP) is 0.782.